The van der Waals surface area contributed by atoms with E-state index in [0.29, 0.717) is 17.5 Å². The van der Waals surface area contributed by atoms with Gasteiger partial charge in [0.05, 0.1) is 11.1 Å². The summed E-state index contributed by atoms with van der Waals surface area (Å²) in [7, 11) is 0. The van der Waals surface area contributed by atoms with E-state index in [-0.39, 0.29) is 16.9 Å². The van der Waals surface area contributed by atoms with Gasteiger partial charge in [0.1, 0.15) is 11.6 Å². The minimum Gasteiger partial charge on any atom is -0.271 e. The van der Waals surface area contributed by atoms with E-state index < -0.39 is 5.82 Å². The molecule has 0 amide bonds. The van der Waals surface area contributed by atoms with Crippen LogP contribution in [0.15, 0.2) is 36.4 Å². The maximum Gasteiger partial charge on any atom is 0.145 e. The van der Waals surface area contributed by atoms with Gasteiger partial charge in [0, 0.05) is 0 Å². The molecule has 1 atom stereocenters. The van der Waals surface area contributed by atoms with E-state index in [1.54, 1.807) is 31.2 Å². The summed E-state index contributed by atoms with van der Waals surface area (Å²) in [6.45, 7) is 1.67. The van der Waals surface area contributed by atoms with Crippen molar-refractivity contribution in [1.82, 2.24) is 5.43 Å². The van der Waals surface area contributed by atoms with Gasteiger partial charge in [-0.1, -0.05) is 35.9 Å². The van der Waals surface area contributed by atoms with Gasteiger partial charge in [-0.15, -0.1) is 0 Å². The molecule has 0 saturated heterocycles. The molecule has 106 valence electrons. The molecule has 0 spiro atoms. The first-order valence-electron chi connectivity index (χ1n) is 6.18. The van der Waals surface area contributed by atoms with E-state index >= 15 is 0 Å². The number of benzene rings is 2. The number of halogens is 3. The minimum absolute atomic E-state index is 0.0774. The summed E-state index contributed by atoms with van der Waals surface area (Å²) >= 11 is 5.76. The van der Waals surface area contributed by atoms with Gasteiger partial charge in [0.15, 0.2) is 0 Å². The topological polar surface area (TPSA) is 38.0 Å². The van der Waals surface area contributed by atoms with Crippen LogP contribution in [0.2, 0.25) is 5.02 Å². The van der Waals surface area contributed by atoms with Gasteiger partial charge in [0.25, 0.3) is 0 Å². The fourth-order valence-electron chi connectivity index (χ4n) is 2.08. The summed E-state index contributed by atoms with van der Waals surface area (Å²) in [5.74, 6) is 4.80. The van der Waals surface area contributed by atoms with Crippen molar-refractivity contribution in [3.05, 3.63) is 69.7 Å². The first kappa shape index (κ1) is 14.9. The molecule has 2 nitrogen and oxygen atoms in total. The molecule has 0 saturated carbocycles. The van der Waals surface area contributed by atoms with Gasteiger partial charge in [-0.3, -0.25) is 11.3 Å². The van der Waals surface area contributed by atoms with Crippen molar-refractivity contribution in [3.63, 3.8) is 0 Å². The summed E-state index contributed by atoms with van der Waals surface area (Å²) < 4.78 is 27.2. The molecule has 3 N–H and O–H groups in total. The van der Waals surface area contributed by atoms with Crippen molar-refractivity contribution >= 4 is 11.6 Å². The lowest BCUT2D eigenvalue weighted by Gasteiger charge is -2.18. The van der Waals surface area contributed by atoms with Gasteiger partial charge in [-0.05, 0) is 42.2 Å². The first-order valence-corrected chi connectivity index (χ1v) is 6.55. The average molecular weight is 297 g/mol. The highest BCUT2D eigenvalue weighted by molar-refractivity contribution is 6.30. The molecule has 20 heavy (non-hydrogen) atoms. The Balaban J connectivity index is 2.28. The van der Waals surface area contributed by atoms with Crippen molar-refractivity contribution in [3.8, 4) is 0 Å². The number of hydrogen-bond donors (Lipinski definition) is 2. The number of rotatable bonds is 4. The Morgan fingerprint density at radius 3 is 2.65 bits per heavy atom. The summed E-state index contributed by atoms with van der Waals surface area (Å²) in [6, 6.07) is 9.22. The van der Waals surface area contributed by atoms with Gasteiger partial charge < -0.3 is 0 Å². The fraction of sp³-hybridized carbons (Fsp3) is 0.200. The Morgan fingerprint density at radius 2 is 2.00 bits per heavy atom. The third kappa shape index (κ3) is 3.15. The monoisotopic (exact) mass is 296 g/mol. The molecule has 1 unspecified atom stereocenters. The molecule has 0 aromatic heterocycles. The quantitative estimate of drug-likeness (QED) is 0.667. The predicted molar refractivity (Wildman–Crippen MR) is 76.3 cm³/mol. The zero-order valence-electron chi connectivity index (χ0n) is 11.0. The third-order valence-electron chi connectivity index (χ3n) is 3.24. The van der Waals surface area contributed by atoms with Crippen LogP contribution in [-0.4, -0.2) is 0 Å². The Kier molecular flexibility index (Phi) is 4.70. The molecule has 0 fully saturated rings. The lowest BCUT2D eigenvalue weighted by atomic mass is 9.97. The smallest absolute Gasteiger partial charge is 0.145 e. The van der Waals surface area contributed by atoms with E-state index in [1.165, 1.54) is 12.1 Å². The molecule has 2 aromatic carbocycles. The zero-order chi connectivity index (χ0) is 14.7. The van der Waals surface area contributed by atoms with Crippen LogP contribution < -0.4 is 11.3 Å². The second-order valence-corrected chi connectivity index (χ2v) is 5.05. The number of hydrogen-bond acceptors (Lipinski definition) is 2. The Hall–Kier alpha value is -1.49. The molecule has 0 aliphatic carbocycles. The van der Waals surface area contributed by atoms with Gasteiger partial charge in [0.2, 0.25) is 0 Å². The summed E-state index contributed by atoms with van der Waals surface area (Å²) in [6.07, 6.45) is 0.327. The number of nitrogens with one attached hydrogen (secondary N) is 1. The molecular weight excluding hydrogens is 282 g/mol. The molecule has 2 rings (SSSR count). The molecule has 5 heteroatoms. The van der Waals surface area contributed by atoms with E-state index in [4.69, 9.17) is 17.4 Å². The van der Waals surface area contributed by atoms with E-state index in [0.717, 1.165) is 5.56 Å². The summed E-state index contributed by atoms with van der Waals surface area (Å²) in [5, 5.41) is 0.0774. The lowest BCUT2D eigenvalue weighted by Crippen LogP contribution is -2.30. The summed E-state index contributed by atoms with van der Waals surface area (Å²) in [4.78, 5) is 0. The van der Waals surface area contributed by atoms with Gasteiger partial charge >= 0.3 is 0 Å². The minimum atomic E-state index is -0.451. The second kappa shape index (κ2) is 6.31. The van der Waals surface area contributed by atoms with Crippen molar-refractivity contribution in [2.45, 2.75) is 19.4 Å². The van der Waals surface area contributed by atoms with Crippen molar-refractivity contribution in [2.75, 3.05) is 0 Å². The SMILES string of the molecule is Cc1cc(C(Cc2cccc(Cl)c2F)NN)ccc1F. The Morgan fingerprint density at radius 1 is 1.25 bits per heavy atom. The average Bonchev–Trinajstić information content (AvgIpc) is 2.44. The Labute approximate surface area is 121 Å². The van der Waals surface area contributed by atoms with Crippen LogP contribution in [0.25, 0.3) is 0 Å². The molecule has 0 aliphatic rings. The number of nitrogens with two attached hydrogens (primary N) is 1. The van der Waals surface area contributed by atoms with Crippen molar-refractivity contribution in [2.24, 2.45) is 5.84 Å². The lowest BCUT2D eigenvalue weighted by molar-refractivity contribution is 0.527. The van der Waals surface area contributed by atoms with Crippen LogP contribution in [0.5, 0.6) is 0 Å². The first-order chi connectivity index (χ1) is 9.52. The van der Waals surface area contributed by atoms with Crippen LogP contribution in [0.1, 0.15) is 22.7 Å². The summed E-state index contributed by atoms with van der Waals surface area (Å²) in [5.41, 5.74) is 4.41. The van der Waals surface area contributed by atoms with Crippen LogP contribution in [0, 0.1) is 18.6 Å². The highest BCUT2D eigenvalue weighted by Gasteiger charge is 2.15. The normalized spacial score (nSPS) is 12.4. The Bertz CT molecular complexity index is 617. The van der Waals surface area contributed by atoms with Crippen LogP contribution >= 0.6 is 11.6 Å². The van der Waals surface area contributed by atoms with E-state index in [9.17, 15) is 8.78 Å². The second-order valence-electron chi connectivity index (χ2n) is 4.64. The largest absolute Gasteiger partial charge is 0.271 e. The van der Waals surface area contributed by atoms with E-state index in [1.807, 2.05) is 0 Å². The fourth-order valence-corrected chi connectivity index (χ4v) is 2.28. The molecule has 0 aliphatic heterocycles. The molecular formula is C15H15ClF2N2. The van der Waals surface area contributed by atoms with E-state index in [2.05, 4.69) is 5.43 Å². The predicted octanol–water partition coefficient (Wildman–Crippen LogP) is 3.67. The molecule has 0 bridgehead atoms. The van der Waals surface area contributed by atoms with Crippen LogP contribution in [0.3, 0.4) is 0 Å². The highest BCUT2D eigenvalue weighted by atomic mass is 35.5. The third-order valence-corrected chi connectivity index (χ3v) is 3.53. The number of hydrazine groups is 1. The molecule has 2 aromatic rings. The number of aryl methyl sites for hydroxylation is 1. The maximum absolute atomic E-state index is 13.9. The van der Waals surface area contributed by atoms with Crippen LogP contribution in [0.4, 0.5) is 8.78 Å². The maximum atomic E-state index is 13.9. The standard InChI is InChI=1S/C15H15ClF2N2/c1-9-7-10(5-6-13(9)17)14(20-19)8-11-3-2-4-12(16)15(11)18/h2-7,14,20H,8,19H2,1H3. The van der Waals surface area contributed by atoms with Crippen molar-refractivity contribution in [1.29, 1.82) is 0 Å². The van der Waals surface area contributed by atoms with Gasteiger partial charge in [-0.25, -0.2) is 8.78 Å². The zero-order valence-corrected chi connectivity index (χ0v) is 11.7. The molecule has 0 radical (unpaired) electrons. The van der Waals surface area contributed by atoms with Crippen molar-refractivity contribution < 1.29 is 8.78 Å². The van der Waals surface area contributed by atoms with Crippen LogP contribution in [-0.2, 0) is 6.42 Å². The van der Waals surface area contributed by atoms with Gasteiger partial charge in [-0.2, -0.15) is 0 Å². The molecule has 0 heterocycles. The highest BCUT2D eigenvalue weighted by Crippen LogP contribution is 2.24.